The molecule has 0 saturated heterocycles. The number of fused-ring (bicyclic) bond motifs is 5. The fourth-order valence-electron chi connectivity index (χ4n) is 7.50. The third-order valence-corrected chi connectivity index (χ3v) is 9.17. The first-order valence-electron chi connectivity index (χ1n) is 14.5. The molecule has 2 aliphatic rings. The molecule has 0 N–H and O–H groups in total. The lowest BCUT2D eigenvalue weighted by Gasteiger charge is -2.36. The Kier molecular flexibility index (Phi) is 4.88. The van der Waals surface area contributed by atoms with E-state index in [1.165, 1.54) is 55.3 Å². The highest BCUT2D eigenvalue weighted by molar-refractivity contribution is 6.08. The molecule has 0 bridgehead atoms. The SMILES string of the molecule is c1ccc(C2(c3ccccc3-c3ccc4cccc5c4c3Oc3ccccc3-5)c3ccccc3-c3ccccc32)cc1. The van der Waals surface area contributed by atoms with Gasteiger partial charge in [0.2, 0.25) is 0 Å². The average molecular weight is 535 g/mol. The van der Waals surface area contributed by atoms with Gasteiger partial charge in [0.15, 0.2) is 0 Å². The summed E-state index contributed by atoms with van der Waals surface area (Å²) in [5.41, 5.74) is 11.9. The fraction of sp³-hybridized carbons (Fsp3) is 0.0244. The molecule has 0 fully saturated rings. The molecule has 1 aliphatic heterocycles. The molecular weight excluding hydrogens is 508 g/mol. The molecule has 0 saturated carbocycles. The highest BCUT2D eigenvalue weighted by atomic mass is 16.5. The number of rotatable bonds is 3. The predicted octanol–water partition coefficient (Wildman–Crippen LogP) is 10.6. The maximum atomic E-state index is 6.83. The van der Waals surface area contributed by atoms with E-state index in [9.17, 15) is 0 Å². The Morgan fingerprint density at radius 1 is 0.357 bits per heavy atom. The van der Waals surface area contributed by atoms with Gasteiger partial charge in [-0.25, -0.2) is 0 Å². The van der Waals surface area contributed by atoms with Crippen molar-refractivity contribution in [1.29, 1.82) is 0 Å². The molecule has 0 atom stereocenters. The molecule has 9 rings (SSSR count). The van der Waals surface area contributed by atoms with Crippen molar-refractivity contribution >= 4 is 10.8 Å². The van der Waals surface area contributed by atoms with Crippen LogP contribution in [-0.4, -0.2) is 0 Å². The monoisotopic (exact) mass is 534 g/mol. The van der Waals surface area contributed by atoms with E-state index < -0.39 is 5.41 Å². The molecule has 0 radical (unpaired) electrons. The summed E-state index contributed by atoms with van der Waals surface area (Å²) in [7, 11) is 0. The van der Waals surface area contributed by atoms with Crippen LogP contribution < -0.4 is 4.74 Å². The first kappa shape index (κ1) is 23.3. The third-order valence-electron chi connectivity index (χ3n) is 9.17. The van der Waals surface area contributed by atoms with Crippen LogP contribution >= 0.6 is 0 Å². The molecule has 42 heavy (non-hydrogen) atoms. The summed E-state index contributed by atoms with van der Waals surface area (Å²) in [6.45, 7) is 0. The van der Waals surface area contributed by atoms with Crippen molar-refractivity contribution in [2.45, 2.75) is 5.41 Å². The minimum atomic E-state index is -0.487. The lowest BCUT2D eigenvalue weighted by atomic mass is 9.66. The van der Waals surface area contributed by atoms with Crippen LogP contribution in [0.2, 0.25) is 0 Å². The Bertz CT molecular complexity index is 2130. The Hall–Kier alpha value is -5.40. The van der Waals surface area contributed by atoms with Gasteiger partial charge < -0.3 is 4.74 Å². The lowest BCUT2D eigenvalue weighted by Crippen LogP contribution is -2.29. The molecule has 196 valence electrons. The van der Waals surface area contributed by atoms with Crippen LogP contribution in [0.3, 0.4) is 0 Å². The molecule has 0 aromatic heterocycles. The summed E-state index contributed by atoms with van der Waals surface area (Å²) < 4.78 is 6.83. The fourth-order valence-corrected chi connectivity index (χ4v) is 7.50. The average Bonchev–Trinajstić information content (AvgIpc) is 3.37. The van der Waals surface area contributed by atoms with Crippen LogP contribution in [-0.2, 0) is 5.41 Å². The van der Waals surface area contributed by atoms with E-state index in [-0.39, 0.29) is 0 Å². The van der Waals surface area contributed by atoms with Crippen LogP contribution in [0.1, 0.15) is 22.3 Å². The molecule has 7 aromatic carbocycles. The minimum Gasteiger partial charge on any atom is -0.455 e. The second-order valence-electron chi connectivity index (χ2n) is 11.2. The van der Waals surface area contributed by atoms with Crippen LogP contribution in [0.5, 0.6) is 11.5 Å². The van der Waals surface area contributed by atoms with Crippen molar-refractivity contribution in [2.75, 3.05) is 0 Å². The van der Waals surface area contributed by atoms with Crippen molar-refractivity contribution < 1.29 is 4.74 Å². The van der Waals surface area contributed by atoms with E-state index in [0.29, 0.717) is 0 Å². The largest absolute Gasteiger partial charge is 0.455 e. The summed E-state index contributed by atoms with van der Waals surface area (Å²) in [5.74, 6) is 1.83. The molecular formula is C41H26O. The number of ether oxygens (including phenoxy) is 1. The highest BCUT2D eigenvalue weighted by Crippen LogP contribution is 2.59. The van der Waals surface area contributed by atoms with E-state index in [2.05, 4.69) is 158 Å². The van der Waals surface area contributed by atoms with Crippen molar-refractivity contribution in [3.8, 4) is 44.9 Å². The summed E-state index contributed by atoms with van der Waals surface area (Å²) in [6.07, 6.45) is 0. The zero-order valence-electron chi connectivity index (χ0n) is 22.9. The van der Waals surface area contributed by atoms with E-state index in [1.54, 1.807) is 0 Å². The van der Waals surface area contributed by atoms with Crippen LogP contribution in [0.15, 0.2) is 158 Å². The number of para-hydroxylation sites is 1. The summed E-state index contributed by atoms with van der Waals surface area (Å²) in [4.78, 5) is 0. The third kappa shape index (κ3) is 3.03. The van der Waals surface area contributed by atoms with Gasteiger partial charge in [0.05, 0.1) is 5.41 Å². The van der Waals surface area contributed by atoms with Crippen molar-refractivity contribution in [1.82, 2.24) is 0 Å². The van der Waals surface area contributed by atoms with Crippen LogP contribution in [0.25, 0.3) is 44.2 Å². The van der Waals surface area contributed by atoms with Gasteiger partial charge in [-0.3, -0.25) is 0 Å². The molecule has 1 heteroatoms. The van der Waals surface area contributed by atoms with Gasteiger partial charge in [-0.05, 0) is 62.0 Å². The zero-order valence-corrected chi connectivity index (χ0v) is 22.9. The van der Waals surface area contributed by atoms with Gasteiger partial charge in [0, 0.05) is 16.5 Å². The predicted molar refractivity (Wildman–Crippen MR) is 172 cm³/mol. The molecule has 1 aliphatic carbocycles. The quantitative estimate of drug-likeness (QED) is 0.219. The van der Waals surface area contributed by atoms with Crippen molar-refractivity contribution in [2.24, 2.45) is 0 Å². The Morgan fingerprint density at radius 3 is 1.55 bits per heavy atom. The van der Waals surface area contributed by atoms with E-state index >= 15 is 0 Å². The lowest BCUT2D eigenvalue weighted by molar-refractivity contribution is 0.488. The molecule has 0 unspecified atom stereocenters. The van der Waals surface area contributed by atoms with Gasteiger partial charge >= 0.3 is 0 Å². The highest BCUT2D eigenvalue weighted by Gasteiger charge is 2.47. The molecule has 0 amide bonds. The maximum absolute atomic E-state index is 6.83. The topological polar surface area (TPSA) is 9.23 Å². The van der Waals surface area contributed by atoms with E-state index in [1.807, 2.05) is 0 Å². The van der Waals surface area contributed by atoms with E-state index in [0.717, 1.165) is 22.6 Å². The zero-order chi connectivity index (χ0) is 27.7. The van der Waals surface area contributed by atoms with Gasteiger partial charge in [-0.1, -0.05) is 146 Å². The summed E-state index contributed by atoms with van der Waals surface area (Å²) in [5, 5.41) is 2.36. The molecule has 7 aromatic rings. The standard InChI is InChI=1S/C41H26O/c1-2-14-28(15-3-1)41(35-21-8-4-16-29(35)30-17-5-9-22-36(30)41)37-23-10-6-18-31(37)34-26-25-27-13-12-20-33-32-19-7-11-24-38(32)42-40(34)39(27)33/h1-26H. The van der Waals surface area contributed by atoms with Gasteiger partial charge in [0.1, 0.15) is 11.5 Å². The molecule has 1 heterocycles. The second-order valence-corrected chi connectivity index (χ2v) is 11.2. The van der Waals surface area contributed by atoms with Crippen molar-refractivity contribution in [3.05, 3.63) is 180 Å². The molecule has 0 spiro atoms. The van der Waals surface area contributed by atoms with E-state index in [4.69, 9.17) is 4.74 Å². The van der Waals surface area contributed by atoms with Crippen molar-refractivity contribution in [3.63, 3.8) is 0 Å². The Morgan fingerprint density at radius 2 is 0.881 bits per heavy atom. The van der Waals surface area contributed by atoms with Crippen LogP contribution in [0, 0.1) is 0 Å². The summed E-state index contributed by atoms with van der Waals surface area (Å²) in [6, 6.07) is 57.2. The normalized spacial score (nSPS) is 13.6. The number of benzene rings is 7. The first-order chi connectivity index (χ1) is 20.9. The Balaban J connectivity index is 1.41. The van der Waals surface area contributed by atoms with Gasteiger partial charge in [0.25, 0.3) is 0 Å². The Labute approximate surface area is 245 Å². The van der Waals surface area contributed by atoms with Gasteiger partial charge in [-0.15, -0.1) is 0 Å². The number of hydrogen-bond donors (Lipinski definition) is 0. The molecule has 1 nitrogen and oxygen atoms in total. The second kappa shape index (κ2) is 8.80. The maximum Gasteiger partial charge on any atom is 0.143 e. The first-order valence-corrected chi connectivity index (χ1v) is 14.5. The van der Waals surface area contributed by atoms with Gasteiger partial charge in [-0.2, -0.15) is 0 Å². The minimum absolute atomic E-state index is 0.487. The van der Waals surface area contributed by atoms with Crippen LogP contribution in [0.4, 0.5) is 0 Å². The summed E-state index contributed by atoms with van der Waals surface area (Å²) >= 11 is 0. The number of hydrogen-bond acceptors (Lipinski definition) is 1. The smallest absolute Gasteiger partial charge is 0.143 e.